The fourth-order valence-corrected chi connectivity index (χ4v) is 3.17. The summed E-state index contributed by atoms with van der Waals surface area (Å²) in [5.41, 5.74) is -0.656. The number of piperidine rings is 1. The molecule has 0 aromatic carbocycles. The summed E-state index contributed by atoms with van der Waals surface area (Å²) < 4.78 is 0. The van der Waals surface area contributed by atoms with Crippen LogP contribution >= 0.6 is 0 Å². The number of nitrogens with one attached hydrogen (secondary N) is 1. The van der Waals surface area contributed by atoms with Gasteiger partial charge in [0.1, 0.15) is 0 Å². The van der Waals surface area contributed by atoms with Crippen LogP contribution in [0.25, 0.3) is 0 Å². The molecule has 4 nitrogen and oxygen atoms in total. The number of likely N-dealkylation sites (tertiary alicyclic amines) is 1. The zero-order valence-electron chi connectivity index (χ0n) is 11.6. The minimum absolute atomic E-state index is 0.0567. The van der Waals surface area contributed by atoms with Gasteiger partial charge in [0, 0.05) is 19.1 Å². The van der Waals surface area contributed by atoms with E-state index >= 15 is 0 Å². The summed E-state index contributed by atoms with van der Waals surface area (Å²) >= 11 is 0. The Hall–Kier alpha value is -0.610. The molecule has 2 fully saturated rings. The number of aliphatic hydroxyl groups is 1. The largest absolute Gasteiger partial charge is 0.389 e. The summed E-state index contributed by atoms with van der Waals surface area (Å²) in [5.74, 6) is 0.192. The van der Waals surface area contributed by atoms with Gasteiger partial charge in [-0.3, -0.25) is 4.79 Å². The SMILES string of the molecule is CC(NC1CCCC1(C)O)C(=O)N1CCCCC1. The Morgan fingerprint density at radius 1 is 1.33 bits per heavy atom. The van der Waals surface area contributed by atoms with Crippen LogP contribution in [0.1, 0.15) is 52.4 Å². The van der Waals surface area contributed by atoms with Crippen LogP contribution in [0.4, 0.5) is 0 Å². The molecule has 0 spiro atoms. The molecule has 1 heterocycles. The van der Waals surface area contributed by atoms with Crippen LogP contribution in [0.15, 0.2) is 0 Å². The van der Waals surface area contributed by atoms with Crippen molar-refractivity contribution in [1.82, 2.24) is 10.2 Å². The third-order valence-electron chi connectivity index (χ3n) is 4.42. The van der Waals surface area contributed by atoms with Crippen molar-refractivity contribution in [3.05, 3.63) is 0 Å². The maximum absolute atomic E-state index is 12.3. The van der Waals surface area contributed by atoms with Gasteiger partial charge in [0.25, 0.3) is 0 Å². The predicted octanol–water partition coefficient (Wildman–Crippen LogP) is 1.28. The third kappa shape index (κ3) is 3.04. The van der Waals surface area contributed by atoms with Gasteiger partial charge in [-0.2, -0.15) is 0 Å². The lowest BCUT2D eigenvalue weighted by Gasteiger charge is -2.33. The first-order valence-electron chi connectivity index (χ1n) is 7.28. The highest BCUT2D eigenvalue weighted by Gasteiger charge is 2.38. The van der Waals surface area contributed by atoms with E-state index in [4.69, 9.17) is 0 Å². The molecule has 0 bridgehead atoms. The van der Waals surface area contributed by atoms with E-state index in [0.29, 0.717) is 0 Å². The lowest BCUT2D eigenvalue weighted by atomic mass is 9.99. The molecule has 1 saturated carbocycles. The van der Waals surface area contributed by atoms with Crippen molar-refractivity contribution in [3.63, 3.8) is 0 Å². The molecule has 4 heteroatoms. The van der Waals surface area contributed by atoms with Crippen molar-refractivity contribution < 1.29 is 9.90 Å². The number of amides is 1. The number of rotatable bonds is 3. The Kier molecular flexibility index (Phi) is 4.28. The van der Waals surface area contributed by atoms with E-state index in [0.717, 1.165) is 45.2 Å². The van der Waals surface area contributed by atoms with Crippen LogP contribution in [-0.4, -0.2) is 46.7 Å². The van der Waals surface area contributed by atoms with Crippen LogP contribution in [0.3, 0.4) is 0 Å². The molecular weight excluding hydrogens is 228 g/mol. The smallest absolute Gasteiger partial charge is 0.239 e. The number of hydrogen-bond donors (Lipinski definition) is 2. The second kappa shape index (κ2) is 5.57. The van der Waals surface area contributed by atoms with Crippen LogP contribution < -0.4 is 5.32 Å². The summed E-state index contributed by atoms with van der Waals surface area (Å²) in [7, 11) is 0. The first kappa shape index (κ1) is 13.8. The molecule has 1 amide bonds. The average molecular weight is 254 g/mol. The van der Waals surface area contributed by atoms with Crippen LogP contribution in [0, 0.1) is 0 Å². The molecular formula is C14H26N2O2. The molecule has 0 radical (unpaired) electrons. The molecule has 3 atom stereocenters. The second-order valence-electron chi connectivity index (χ2n) is 6.08. The maximum Gasteiger partial charge on any atom is 0.239 e. The normalized spacial score (nSPS) is 34.6. The molecule has 3 unspecified atom stereocenters. The van der Waals surface area contributed by atoms with Gasteiger partial charge in [0.2, 0.25) is 5.91 Å². The molecule has 2 aliphatic rings. The van der Waals surface area contributed by atoms with Crippen LogP contribution in [-0.2, 0) is 4.79 Å². The number of nitrogens with zero attached hydrogens (tertiary/aromatic N) is 1. The van der Waals surface area contributed by atoms with Gasteiger partial charge in [0.15, 0.2) is 0 Å². The fourth-order valence-electron chi connectivity index (χ4n) is 3.17. The van der Waals surface area contributed by atoms with E-state index in [2.05, 4.69) is 5.32 Å². The monoisotopic (exact) mass is 254 g/mol. The Morgan fingerprint density at radius 3 is 2.56 bits per heavy atom. The van der Waals surface area contributed by atoms with Crippen molar-refractivity contribution in [2.45, 2.75) is 70.1 Å². The summed E-state index contributed by atoms with van der Waals surface area (Å²) in [4.78, 5) is 14.2. The summed E-state index contributed by atoms with van der Waals surface area (Å²) in [6, 6.07) is -0.126. The molecule has 1 aliphatic heterocycles. The lowest BCUT2D eigenvalue weighted by Crippen LogP contribution is -2.54. The standard InChI is InChI=1S/C14H26N2O2/c1-11(13(17)16-9-4-3-5-10-16)15-12-7-6-8-14(12,2)18/h11-12,15,18H,3-10H2,1-2H3. The van der Waals surface area contributed by atoms with Gasteiger partial charge >= 0.3 is 0 Å². The first-order chi connectivity index (χ1) is 8.50. The van der Waals surface area contributed by atoms with E-state index < -0.39 is 5.60 Å². The zero-order valence-corrected chi connectivity index (χ0v) is 11.6. The van der Waals surface area contributed by atoms with Gasteiger partial charge in [0.05, 0.1) is 11.6 Å². The van der Waals surface area contributed by atoms with Crippen LogP contribution in [0.5, 0.6) is 0 Å². The van der Waals surface area contributed by atoms with E-state index in [-0.39, 0.29) is 18.0 Å². The highest BCUT2D eigenvalue weighted by atomic mass is 16.3. The molecule has 1 saturated heterocycles. The third-order valence-corrected chi connectivity index (χ3v) is 4.42. The Balaban J connectivity index is 1.87. The maximum atomic E-state index is 12.3. The van der Waals surface area contributed by atoms with Gasteiger partial charge in [-0.15, -0.1) is 0 Å². The quantitative estimate of drug-likeness (QED) is 0.798. The number of carbonyl (C=O) groups excluding carboxylic acids is 1. The lowest BCUT2D eigenvalue weighted by molar-refractivity contribution is -0.134. The van der Waals surface area contributed by atoms with Crippen molar-refractivity contribution in [2.24, 2.45) is 0 Å². The molecule has 2 rings (SSSR count). The van der Waals surface area contributed by atoms with E-state index in [9.17, 15) is 9.90 Å². The second-order valence-corrected chi connectivity index (χ2v) is 6.08. The van der Waals surface area contributed by atoms with Crippen molar-refractivity contribution in [1.29, 1.82) is 0 Å². The Morgan fingerprint density at radius 2 is 2.00 bits per heavy atom. The fraction of sp³-hybridized carbons (Fsp3) is 0.929. The van der Waals surface area contributed by atoms with E-state index in [1.807, 2.05) is 18.7 Å². The van der Waals surface area contributed by atoms with E-state index in [1.165, 1.54) is 6.42 Å². The number of hydrogen-bond acceptors (Lipinski definition) is 3. The molecule has 2 N–H and O–H groups in total. The first-order valence-corrected chi connectivity index (χ1v) is 7.28. The van der Waals surface area contributed by atoms with Gasteiger partial charge < -0.3 is 15.3 Å². The highest BCUT2D eigenvalue weighted by molar-refractivity contribution is 5.81. The molecule has 18 heavy (non-hydrogen) atoms. The van der Waals surface area contributed by atoms with Gasteiger partial charge in [-0.25, -0.2) is 0 Å². The average Bonchev–Trinajstić information content (AvgIpc) is 2.69. The van der Waals surface area contributed by atoms with Crippen molar-refractivity contribution in [3.8, 4) is 0 Å². The topological polar surface area (TPSA) is 52.6 Å². The highest BCUT2D eigenvalue weighted by Crippen LogP contribution is 2.29. The van der Waals surface area contributed by atoms with Crippen molar-refractivity contribution >= 4 is 5.91 Å². The van der Waals surface area contributed by atoms with Gasteiger partial charge in [-0.1, -0.05) is 0 Å². The number of carbonyl (C=O) groups is 1. The molecule has 0 aromatic heterocycles. The minimum Gasteiger partial charge on any atom is -0.389 e. The Labute approximate surface area is 110 Å². The van der Waals surface area contributed by atoms with Gasteiger partial charge in [-0.05, 0) is 52.4 Å². The summed E-state index contributed by atoms with van der Waals surface area (Å²) in [6.45, 7) is 5.58. The van der Waals surface area contributed by atoms with Crippen molar-refractivity contribution in [2.75, 3.05) is 13.1 Å². The molecule has 104 valence electrons. The summed E-state index contributed by atoms with van der Waals surface area (Å²) in [5, 5.41) is 13.5. The summed E-state index contributed by atoms with van der Waals surface area (Å²) in [6.07, 6.45) is 6.32. The molecule has 1 aliphatic carbocycles. The molecule has 0 aromatic rings. The van der Waals surface area contributed by atoms with Crippen LogP contribution in [0.2, 0.25) is 0 Å². The predicted molar refractivity (Wildman–Crippen MR) is 71.3 cm³/mol. The zero-order chi connectivity index (χ0) is 13.2. The minimum atomic E-state index is -0.656. The van der Waals surface area contributed by atoms with E-state index in [1.54, 1.807) is 0 Å². The Bertz CT molecular complexity index is 298.